The van der Waals surface area contributed by atoms with Crippen molar-refractivity contribution in [3.63, 3.8) is 0 Å². The smallest absolute Gasteiger partial charge is 0.274 e. The number of aromatic amines is 1. The van der Waals surface area contributed by atoms with Crippen LogP contribution >= 0.6 is 0 Å². The number of hydrogen-bond donors (Lipinski definition) is 3. The molecule has 0 fully saturated rings. The van der Waals surface area contributed by atoms with Crippen molar-refractivity contribution in [2.45, 2.75) is 11.4 Å². The Labute approximate surface area is 137 Å². The third kappa shape index (κ3) is 3.46. The Morgan fingerprint density at radius 2 is 1.96 bits per heavy atom. The highest BCUT2D eigenvalue weighted by atomic mass is 32.2. The van der Waals surface area contributed by atoms with Crippen molar-refractivity contribution in [2.24, 2.45) is 0 Å². The lowest BCUT2D eigenvalue weighted by molar-refractivity contribution is 0.0944. The highest BCUT2D eigenvalue weighted by Crippen LogP contribution is 2.18. The fourth-order valence-electron chi connectivity index (χ4n) is 2.01. The first-order valence-electron chi connectivity index (χ1n) is 6.98. The van der Waals surface area contributed by atoms with E-state index < -0.39 is 15.9 Å². The van der Waals surface area contributed by atoms with E-state index in [9.17, 15) is 13.2 Å². The molecular formula is C15H14N4O4S. The van der Waals surface area contributed by atoms with E-state index in [1.165, 1.54) is 24.6 Å². The van der Waals surface area contributed by atoms with Crippen molar-refractivity contribution in [2.75, 3.05) is 4.72 Å². The molecule has 0 bridgehead atoms. The number of amides is 1. The molecule has 3 rings (SSSR count). The number of rotatable bonds is 6. The first-order valence-corrected chi connectivity index (χ1v) is 8.47. The fraction of sp³-hybridized carbons (Fsp3) is 0.0667. The third-order valence-corrected chi connectivity index (χ3v) is 4.54. The lowest BCUT2D eigenvalue weighted by Crippen LogP contribution is -2.24. The van der Waals surface area contributed by atoms with Crippen LogP contribution < -0.4 is 10.0 Å². The molecule has 0 radical (unpaired) electrons. The van der Waals surface area contributed by atoms with Gasteiger partial charge < -0.3 is 9.73 Å². The second kappa shape index (κ2) is 6.59. The molecule has 1 amide bonds. The van der Waals surface area contributed by atoms with Gasteiger partial charge in [0, 0.05) is 6.20 Å². The minimum atomic E-state index is -3.81. The number of carbonyl (C=O) groups is 1. The number of anilines is 1. The van der Waals surface area contributed by atoms with Gasteiger partial charge in [0.2, 0.25) is 0 Å². The Kier molecular flexibility index (Phi) is 4.34. The molecule has 0 saturated heterocycles. The number of carbonyl (C=O) groups excluding carboxylic acids is 1. The van der Waals surface area contributed by atoms with Crippen LogP contribution in [-0.4, -0.2) is 24.5 Å². The van der Waals surface area contributed by atoms with Gasteiger partial charge in [0.05, 0.1) is 23.4 Å². The van der Waals surface area contributed by atoms with E-state index in [0.717, 1.165) is 0 Å². The van der Waals surface area contributed by atoms with Crippen molar-refractivity contribution in [3.8, 4) is 0 Å². The first kappa shape index (κ1) is 15.8. The Bertz CT molecular complexity index is 918. The third-order valence-electron chi connectivity index (χ3n) is 3.16. The van der Waals surface area contributed by atoms with E-state index in [1.54, 1.807) is 30.3 Å². The van der Waals surface area contributed by atoms with Crippen molar-refractivity contribution >= 4 is 21.6 Å². The molecule has 0 aliphatic rings. The molecule has 9 heteroatoms. The lowest BCUT2D eigenvalue weighted by atomic mass is 10.3. The molecule has 124 valence electrons. The minimum absolute atomic E-state index is 0.0546. The molecule has 0 unspecified atom stereocenters. The van der Waals surface area contributed by atoms with Gasteiger partial charge in [-0.05, 0) is 24.3 Å². The van der Waals surface area contributed by atoms with Crippen LogP contribution in [0.4, 0.5) is 5.69 Å². The number of nitrogens with one attached hydrogen (secondary N) is 3. The Morgan fingerprint density at radius 1 is 1.17 bits per heavy atom. The molecule has 0 saturated carbocycles. The summed E-state index contributed by atoms with van der Waals surface area (Å²) in [6.07, 6.45) is 2.80. The second-order valence-electron chi connectivity index (χ2n) is 4.83. The van der Waals surface area contributed by atoms with E-state index in [1.807, 2.05) is 0 Å². The normalized spacial score (nSPS) is 11.2. The molecule has 3 aromatic rings. The number of nitrogens with zero attached hydrogens (tertiary/aromatic N) is 1. The van der Waals surface area contributed by atoms with E-state index in [-0.39, 0.29) is 22.8 Å². The van der Waals surface area contributed by atoms with Gasteiger partial charge in [-0.3, -0.25) is 14.6 Å². The van der Waals surface area contributed by atoms with Gasteiger partial charge in [0.15, 0.2) is 5.69 Å². The maximum Gasteiger partial charge on any atom is 0.274 e. The summed E-state index contributed by atoms with van der Waals surface area (Å²) in [5.41, 5.74) is 0.0110. The van der Waals surface area contributed by atoms with Gasteiger partial charge in [-0.2, -0.15) is 5.10 Å². The van der Waals surface area contributed by atoms with Crippen LogP contribution in [0, 0.1) is 0 Å². The molecule has 2 aromatic heterocycles. The summed E-state index contributed by atoms with van der Waals surface area (Å²) in [6, 6.07) is 11.3. The van der Waals surface area contributed by atoms with Crippen molar-refractivity contribution in [1.29, 1.82) is 0 Å². The number of hydrogen-bond acceptors (Lipinski definition) is 5. The minimum Gasteiger partial charge on any atom is -0.467 e. The quantitative estimate of drug-likeness (QED) is 0.628. The number of furan rings is 1. The zero-order chi connectivity index (χ0) is 17.0. The van der Waals surface area contributed by atoms with Crippen molar-refractivity contribution < 1.29 is 17.6 Å². The van der Waals surface area contributed by atoms with Gasteiger partial charge >= 0.3 is 0 Å². The van der Waals surface area contributed by atoms with Crippen LogP contribution in [0.3, 0.4) is 0 Å². The van der Waals surface area contributed by atoms with Crippen LogP contribution in [0.15, 0.2) is 64.2 Å². The van der Waals surface area contributed by atoms with Crippen LogP contribution in [0.5, 0.6) is 0 Å². The van der Waals surface area contributed by atoms with Crippen LogP contribution in [-0.2, 0) is 16.6 Å². The molecule has 24 heavy (non-hydrogen) atoms. The van der Waals surface area contributed by atoms with Crippen LogP contribution in [0.1, 0.15) is 16.2 Å². The van der Waals surface area contributed by atoms with Gasteiger partial charge in [-0.15, -0.1) is 0 Å². The molecule has 0 spiro atoms. The summed E-state index contributed by atoms with van der Waals surface area (Å²) in [7, 11) is -3.81. The van der Waals surface area contributed by atoms with E-state index in [2.05, 4.69) is 20.2 Å². The molecule has 2 heterocycles. The Hall–Kier alpha value is -3.07. The summed E-state index contributed by atoms with van der Waals surface area (Å²) < 4.78 is 32.1. The van der Waals surface area contributed by atoms with Crippen LogP contribution in [0.2, 0.25) is 0 Å². The van der Waals surface area contributed by atoms with E-state index in [0.29, 0.717) is 5.76 Å². The summed E-state index contributed by atoms with van der Waals surface area (Å²) in [6.45, 7) is 0.170. The van der Waals surface area contributed by atoms with Crippen LogP contribution in [0.25, 0.3) is 0 Å². The highest BCUT2D eigenvalue weighted by Gasteiger charge is 2.20. The molecule has 0 aliphatic heterocycles. The molecule has 8 nitrogen and oxygen atoms in total. The van der Waals surface area contributed by atoms with Gasteiger partial charge in [-0.25, -0.2) is 8.42 Å². The summed E-state index contributed by atoms with van der Waals surface area (Å²) >= 11 is 0. The number of H-pyrrole nitrogens is 1. The maximum absolute atomic E-state index is 12.3. The van der Waals surface area contributed by atoms with Gasteiger partial charge in [0.1, 0.15) is 5.76 Å². The fourth-order valence-corrected chi connectivity index (χ4v) is 3.09. The summed E-state index contributed by atoms with van der Waals surface area (Å²) in [4.78, 5) is 12.3. The Balaban J connectivity index is 1.74. The molecule has 0 atom stereocenters. The summed E-state index contributed by atoms with van der Waals surface area (Å²) in [5, 5.41) is 8.89. The van der Waals surface area contributed by atoms with E-state index >= 15 is 0 Å². The topological polar surface area (TPSA) is 117 Å². The van der Waals surface area contributed by atoms with E-state index in [4.69, 9.17) is 4.42 Å². The number of benzene rings is 1. The van der Waals surface area contributed by atoms with Crippen molar-refractivity contribution in [3.05, 3.63) is 66.4 Å². The zero-order valence-corrected chi connectivity index (χ0v) is 13.2. The average molecular weight is 346 g/mol. The standard InChI is InChI=1S/C15H14N4O4S/c20-15(16-9-11-5-4-8-23-11)14-13(10-17-18-14)19-24(21,22)12-6-2-1-3-7-12/h1-8,10,19H,9H2,(H,16,20)(H,17,18). The van der Waals surface area contributed by atoms with Crippen molar-refractivity contribution in [1.82, 2.24) is 15.5 Å². The van der Waals surface area contributed by atoms with Gasteiger partial charge in [-0.1, -0.05) is 18.2 Å². The predicted molar refractivity (Wildman–Crippen MR) is 85.7 cm³/mol. The second-order valence-corrected chi connectivity index (χ2v) is 6.51. The zero-order valence-electron chi connectivity index (χ0n) is 12.4. The predicted octanol–water partition coefficient (Wildman–Crippen LogP) is 1.73. The first-order chi connectivity index (χ1) is 11.6. The SMILES string of the molecule is O=C(NCc1ccco1)c1n[nH]cc1NS(=O)(=O)c1ccccc1. The largest absolute Gasteiger partial charge is 0.467 e. The summed E-state index contributed by atoms with van der Waals surface area (Å²) in [5.74, 6) is 0.0451. The Morgan fingerprint density at radius 3 is 2.67 bits per heavy atom. The monoisotopic (exact) mass is 346 g/mol. The molecule has 3 N–H and O–H groups in total. The highest BCUT2D eigenvalue weighted by molar-refractivity contribution is 7.92. The number of sulfonamides is 1. The van der Waals surface area contributed by atoms with Gasteiger partial charge in [0.25, 0.3) is 15.9 Å². The molecular weight excluding hydrogens is 332 g/mol. The molecule has 0 aliphatic carbocycles. The maximum atomic E-state index is 12.3. The molecule has 1 aromatic carbocycles. The lowest BCUT2D eigenvalue weighted by Gasteiger charge is -2.08. The number of aromatic nitrogens is 2. The average Bonchev–Trinajstić information content (AvgIpc) is 3.25.